The van der Waals surface area contributed by atoms with Crippen LogP contribution in [0, 0.1) is 0 Å². The van der Waals surface area contributed by atoms with Gasteiger partial charge in [-0.15, -0.1) is 0 Å². The van der Waals surface area contributed by atoms with Gasteiger partial charge in [0, 0.05) is 16.9 Å². The van der Waals surface area contributed by atoms with E-state index in [1.807, 2.05) is 0 Å². The van der Waals surface area contributed by atoms with Gasteiger partial charge in [0.05, 0.1) is 5.69 Å². The van der Waals surface area contributed by atoms with Crippen LogP contribution in [0.1, 0.15) is 0 Å². The van der Waals surface area contributed by atoms with E-state index >= 15 is 0 Å². The third-order valence-electron chi connectivity index (χ3n) is 13.0. The number of benzene rings is 12. The number of anilines is 3. The maximum Gasteiger partial charge on any atom is 0.0540 e. The molecule has 0 aliphatic rings. The lowest BCUT2D eigenvalue weighted by atomic mass is 9.91. The number of fused-ring (bicyclic) bond motifs is 6. The van der Waals surface area contributed by atoms with Gasteiger partial charge in [-0.05, 0) is 142 Å². The Labute approximate surface area is 379 Å². The van der Waals surface area contributed by atoms with Gasteiger partial charge in [-0.2, -0.15) is 0 Å². The summed E-state index contributed by atoms with van der Waals surface area (Å²) in [6.45, 7) is 0. The highest BCUT2D eigenvalue weighted by Crippen LogP contribution is 2.46. The molecule has 0 saturated heterocycles. The van der Waals surface area contributed by atoms with Crippen LogP contribution >= 0.6 is 0 Å². The van der Waals surface area contributed by atoms with Crippen LogP contribution in [0.3, 0.4) is 0 Å². The summed E-state index contributed by atoms with van der Waals surface area (Å²) in [4.78, 5) is 2.45. The van der Waals surface area contributed by atoms with Crippen molar-refractivity contribution in [1.82, 2.24) is 0 Å². The van der Waals surface area contributed by atoms with Crippen LogP contribution in [0.2, 0.25) is 0 Å². The van der Waals surface area contributed by atoms with Gasteiger partial charge in [-0.1, -0.05) is 212 Å². The normalized spacial score (nSPS) is 11.4. The molecule has 0 spiro atoms. The summed E-state index contributed by atoms with van der Waals surface area (Å²) in [6, 6.07) is 95.5. The van der Waals surface area contributed by atoms with Gasteiger partial charge in [-0.25, -0.2) is 0 Å². The molecule has 0 atom stereocenters. The van der Waals surface area contributed by atoms with Crippen molar-refractivity contribution in [2.24, 2.45) is 0 Å². The summed E-state index contributed by atoms with van der Waals surface area (Å²) in [5.41, 5.74) is 15.0. The summed E-state index contributed by atoms with van der Waals surface area (Å²) in [5.74, 6) is 0. The van der Waals surface area contributed by atoms with Crippen LogP contribution in [-0.2, 0) is 0 Å². The summed E-state index contributed by atoms with van der Waals surface area (Å²) in [5, 5.41) is 10.0. The highest BCUT2D eigenvalue weighted by Gasteiger charge is 2.21. The standard InChI is InChI=1S/C64H43N/c1-4-14-44(15-5-1)47-30-34-56(35-31-47)65(57-36-38-58(61(43-57)48-19-8-3-9-20-48)53-28-24-46-18-10-11-22-51(46)40-53)63-39-33-52(45-16-6-2-7-17-45)42-62(63)55-32-37-60-54(41-55)29-27-50-26-25-49-21-12-13-23-59(49)64(50)60/h1-43H. The van der Waals surface area contributed by atoms with Gasteiger partial charge in [0.25, 0.3) is 0 Å². The fourth-order valence-electron chi connectivity index (χ4n) is 9.77. The molecule has 1 nitrogen and oxygen atoms in total. The maximum absolute atomic E-state index is 2.45. The van der Waals surface area contributed by atoms with E-state index in [2.05, 4.69) is 266 Å². The van der Waals surface area contributed by atoms with Crippen molar-refractivity contribution in [3.05, 3.63) is 261 Å². The molecule has 65 heavy (non-hydrogen) atoms. The maximum atomic E-state index is 2.45. The molecule has 0 aromatic heterocycles. The van der Waals surface area contributed by atoms with Crippen LogP contribution in [0.25, 0.3) is 98.7 Å². The van der Waals surface area contributed by atoms with E-state index in [9.17, 15) is 0 Å². The smallest absolute Gasteiger partial charge is 0.0540 e. The summed E-state index contributed by atoms with van der Waals surface area (Å²) in [6.07, 6.45) is 0. The average molecular weight is 826 g/mol. The SMILES string of the molecule is c1ccc(-c2ccc(N(c3ccc(-c4ccc5ccccc5c4)c(-c4ccccc4)c3)c3ccc(-c4ccccc4)cc3-c3ccc4c(ccc5ccc6ccccc6c54)c3)cc2)cc1. The van der Waals surface area contributed by atoms with Crippen LogP contribution in [-0.4, -0.2) is 0 Å². The molecule has 1 heteroatoms. The molecule has 0 fully saturated rings. The first kappa shape index (κ1) is 38.2. The van der Waals surface area contributed by atoms with E-state index in [0.717, 1.165) is 28.2 Å². The van der Waals surface area contributed by atoms with Crippen molar-refractivity contribution in [2.75, 3.05) is 4.90 Å². The largest absolute Gasteiger partial charge is 0.310 e. The van der Waals surface area contributed by atoms with Crippen LogP contribution in [0.4, 0.5) is 17.1 Å². The van der Waals surface area contributed by atoms with Crippen molar-refractivity contribution in [2.45, 2.75) is 0 Å². The number of hydrogen-bond acceptors (Lipinski definition) is 1. The molecule has 0 radical (unpaired) electrons. The lowest BCUT2D eigenvalue weighted by Crippen LogP contribution is -2.12. The molecule has 0 bridgehead atoms. The topological polar surface area (TPSA) is 3.24 Å². The minimum Gasteiger partial charge on any atom is -0.310 e. The Bertz CT molecular complexity index is 3690. The van der Waals surface area contributed by atoms with Gasteiger partial charge in [0.2, 0.25) is 0 Å². The van der Waals surface area contributed by atoms with Gasteiger partial charge in [0.1, 0.15) is 0 Å². The average Bonchev–Trinajstić information content (AvgIpc) is 3.39. The highest BCUT2D eigenvalue weighted by molar-refractivity contribution is 6.20. The Morgan fingerprint density at radius 1 is 0.215 bits per heavy atom. The second-order valence-electron chi connectivity index (χ2n) is 16.9. The zero-order chi connectivity index (χ0) is 43.1. The van der Waals surface area contributed by atoms with Crippen LogP contribution in [0.5, 0.6) is 0 Å². The van der Waals surface area contributed by atoms with Gasteiger partial charge >= 0.3 is 0 Å². The third kappa shape index (κ3) is 7.10. The summed E-state index contributed by atoms with van der Waals surface area (Å²) >= 11 is 0. The molecule has 0 aliphatic carbocycles. The number of rotatable bonds is 8. The molecule has 12 aromatic carbocycles. The fourth-order valence-corrected chi connectivity index (χ4v) is 9.77. The molecule has 0 aliphatic heterocycles. The molecule has 0 N–H and O–H groups in total. The minimum atomic E-state index is 1.08. The van der Waals surface area contributed by atoms with Crippen molar-refractivity contribution >= 4 is 60.2 Å². The van der Waals surface area contributed by atoms with E-state index < -0.39 is 0 Å². The van der Waals surface area contributed by atoms with Crippen molar-refractivity contribution < 1.29 is 0 Å². The predicted molar refractivity (Wildman–Crippen MR) is 278 cm³/mol. The molecule has 0 heterocycles. The molecule has 304 valence electrons. The fraction of sp³-hybridized carbons (Fsp3) is 0. The first-order valence-electron chi connectivity index (χ1n) is 22.4. The van der Waals surface area contributed by atoms with Crippen molar-refractivity contribution in [3.8, 4) is 55.6 Å². The monoisotopic (exact) mass is 825 g/mol. The summed E-state index contributed by atoms with van der Waals surface area (Å²) < 4.78 is 0. The van der Waals surface area contributed by atoms with E-state index in [1.54, 1.807) is 0 Å². The number of hydrogen-bond donors (Lipinski definition) is 0. The minimum absolute atomic E-state index is 1.08. The second kappa shape index (κ2) is 16.3. The molecule has 0 amide bonds. The quantitative estimate of drug-likeness (QED) is 0.138. The van der Waals surface area contributed by atoms with Crippen molar-refractivity contribution in [1.29, 1.82) is 0 Å². The number of nitrogens with zero attached hydrogens (tertiary/aromatic N) is 1. The Morgan fingerprint density at radius 3 is 1.46 bits per heavy atom. The molecular formula is C64H43N. The van der Waals surface area contributed by atoms with Gasteiger partial charge in [-0.3, -0.25) is 0 Å². The zero-order valence-corrected chi connectivity index (χ0v) is 35.8. The molecular weight excluding hydrogens is 783 g/mol. The lowest BCUT2D eigenvalue weighted by molar-refractivity contribution is 1.28. The Kier molecular flexibility index (Phi) is 9.58. The Balaban J connectivity index is 1.09. The molecule has 0 saturated carbocycles. The zero-order valence-electron chi connectivity index (χ0n) is 35.8. The van der Waals surface area contributed by atoms with Crippen LogP contribution < -0.4 is 4.90 Å². The van der Waals surface area contributed by atoms with E-state index in [0.29, 0.717) is 0 Å². The molecule has 12 rings (SSSR count). The predicted octanol–water partition coefficient (Wildman–Crippen LogP) is 18.1. The molecule has 12 aromatic rings. The first-order chi connectivity index (χ1) is 32.2. The highest BCUT2D eigenvalue weighted by atomic mass is 15.1. The lowest BCUT2D eigenvalue weighted by Gasteiger charge is -2.29. The Morgan fingerprint density at radius 2 is 0.708 bits per heavy atom. The third-order valence-corrected chi connectivity index (χ3v) is 13.0. The van der Waals surface area contributed by atoms with Gasteiger partial charge in [0.15, 0.2) is 0 Å². The van der Waals surface area contributed by atoms with E-state index in [-0.39, 0.29) is 0 Å². The molecule has 0 unspecified atom stereocenters. The van der Waals surface area contributed by atoms with Crippen LogP contribution in [0.15, 0.2) is 261 Å². The first-order valence-corrected chi connectivity index (χ1v) is 22.4. The Hall–Kier alpha value is -8.52. The van der Waals surface area contributed by atoms with Gasteiger partial charge < -0.3 is 4.90 Å². The summed E-state index contributed by atoms with van der Waals surface area (Å²) in [7, 11) is 0. The van der Waals surface area contributed by atoms with Crippen molar-refractivity contribution in [3.63, 3.8) is 0 Å². The van der Waals surface area contributed by atoms with E-state index in [4.69, 9.17) is 0 Å². The second-order valence-corrected chi connectivity index (χ2v) is 16.9. The van der Waals surface area contributed by atoms with E-state index in [1.165, 1.54) is 87.6 Å².